The molecule has 0 heterocycles. The normalized spacial score (nSPS) is 27.9. The average Bonchev–Trinajstić information content (AvgIpc) is 2.56. The summed E-state index contributed by atoms with van der Waals surface area (Å²) in [6, 6.07) is 4.37. The number of phenolic OH excluding ortho intramolecular Hbond substituents is 1. The zero-order valence-electron chi connectivity index (χ0n) is 14.1. The van der Waals surface area contributed by atoms with Gasteiger partial charge in [0.1, 0.15) is 5.75 Å². The minimum atomic E-state index is 0.400. The van der Waals surface area contributed by atoms with Gasteiger partial charge in [0.2, 0.25) is 0 Å². The van der Waals surface area contributed by atoms with E-state index in [1.165, 1.54) is 49.7 Å². The van der Waals surface area contributed by atoms with Gasteiger partial charge >= 0.3 is 0 Å². The van der Waals surface area contributed by atoms with Crippen molar-refractivity contribution in [1.82, 2.24) is 0 Å². The van der Waals surface area contributed by atoms with Crippen molar-refractivity contribution in [2.75, 3.05) is 0 Å². The van der Waals surface area contributed by atoms with Crippen molar-refractivity contribution in [1.29, 1.82) is 0 Å². The number of hydrogen-bond acceptors (Lipinski definition) is 1. The quantitative estimate of drug-likeness (QED) is 0.728. The molecule has 1 fully saturated rings. The number of rotatable bonds is 1. The van der Waals surface area contributed by atoms with Crippen molar-refractivity contribution in [2.45, 2.75) is 72.1 Å². The molecule has 2 unspecified atom stereocenters. The first-order chi connectivity index (χ1) is 9.88. The van der Waals surface area contributed by atoms with Crippen LogP contribution in [0.25, 0.3) is 0 Å². The highest BCUT2D eigenvalue weighted by atomic mass is 16.3. The lowest BCUT2D eigenvalue weighted by Crippen LogP contribution is -2.35. The third-order valence-electron chi connectivity index (χ3n) is 6.15. The molecule has 2 atom stereocenters. The summed E-state index contributed by atoms with van der Waals surface area (Å²) in [7, 11) is 0. The first-order valence-electron chi connectivity index (χ1n) is 8.73. The molecule has 2 aliphatic carbocycles. The topological polar surface area (TPSA) is 20.2 Å². The van der Waals surface area contributed by atoms with Crippen molar-refractivity contribution in [2.24, 2.45) is 17.3 Å². The van der Waals surface area contributed by atoms with Crippen LogP contribution in [0.4, 0.5) is 0 Å². The molecule has 0 aromatic heterocycles. The third kappa shape index (κ3) is 2.72. The summed E-state index contributed by atoms with van der Waals surface area (Å²) < 4.78 is 0. The van der Waals surface area contributed by atoms with Gasteiger partial charge in [-0.25, -0.2) is 0 Å². The van der Waals surface area contributed by atoms with Crippen LogP contribution in [0, 0.1) is 17.3 Å². The zero-order valence-corrected chi connectivity index (χ0v) is 14.1. The Bertz CT molecular complexity index is 527. The summed E-state index contributed by atoms with van der Waals surface area (Å²) >= 11 is 0. The number of hydrogen-bond donors (Lipinski definition) is 1. The number of phenols is 1. The second kappa shape index (κ2) is 5.34. The maximum atomic E-state index is 10.3. The van der Waals surface area contributed by atoms with Gasteiger partial charge in [-0.05, 0) is 78.0 Å². The fourth-order valence-electron chi connectivity index (χ4n) is 4.89. The third-order valence-corrected chi connectivity index (χ3v) is 6.15. The molecule has 0 spiro atoms. The average molecular weight is 286 g/mol. The Hall–Kier alpha value is -0.980. The molecule has 0 radical (unpaired) electrons. The molecule has 1 nitrogen and oxygen atoms in total. The Morgan fingerprint density at radius 1 is 1.14 bits per heavy atom. The van der Waals surface area contributed by atoms with Crippen molar-refractivity contribution in [3.63, 3.8) is 0 Å². The van der Waals surface area contributed by atoms with E-state index >= 15 is 0 Å². The molecule has 0 amide bonds. The Labute approximate surface area is 129 Å². The first-order valence-corrected chi connectivity index (χ1v) is 8.73. The van der Waals surface area contributed by atoms with Gasteiger partial charge in [0.25, 0.3) is 0 Å². The highest BCUT2D eigenvalue weighted by molar-refractivity contribution is 5.44. The summed E-state index contributed by atoms with van der Waals surface area (Å²) in [5.74, 6) is 2.58. The van der Waals surface area contributed by atoms with Crippen LogP contribution in [-0.2, 0) is 12.8 Å². The maximum absolute atomic E-state index is 10.3. The minimum absolute atomic E-state index is 0.400. The van der Waals surface area contributed by atoms with E-state index in [0.29, 0.717) is 17.1 Å². The smallest absolute Gasteiger partial charge is 0.119 e. The first kappa shape index (κ1) is 14.9. The van der Waals surface area contributed by atoms with E-state index in [4.69, 9.17) is 0 Å². The van der Waals surface area contributed by atoms with Gasteiger partial charge in [-0.15, -0.1) is 0 Å². The van der Waals surface area contributed by atoms with Crippen LogP contribution in [0.3, 0.4) is 0 Å². The van der Waals surface area contributed by atoms with Gasteiger partial charge in [-0.1, -0.05) is 40.2 Å². The second-order valence-corrected chi connectivity index (χ2v) is 8.32. The summed E-state index contributed by atoms with van der Waals surface area (Å²) in [4.78, 5) is 0. The second-order valence-electron chi connectivity index (χ2n) is 8.32. The van der Waals surface area contributed by atoms with Gasteiger partial charge in [-0.2, -0.15) is 0 Å². The van der Waals surface area contributed by atoms with Crippen LogP contribution in [-0.4, -0.2) is 5.11 Å². The van der Waals surface area contributed by atoms with Crippen molar-refractivity contribution in [3.8, 4) is 5.75 Å². The molecular formula is C20H30O. The largest absolute Gasteiger partial charge is 0.508 e. The number of aryl methyl sites for hydroxylation is 1. The Morgan fingerprint density at radius 2 is 1.90 bits per heavy atom. The molecule has 116 valence electrons. The lowest BCUT2D eigenvalue weighted by atomic mass is 9.62. The van der Waals surface area contributed by atoms with Crippen LogP contribution in [0.1, 0.15) is 76.0 Å². The molecule has 1 N–H and O–H groups in total. The molecule has 1 aromatic carbocycles. The minimum Gasteiger partial charge on any atom is -0.508 e. The van der Waals surface area contributed by atoms with E-state index in [2.05, 4.69) is 39.8 Å². The fraction of sp³-hybridized carbons (Fsp3) is 0.700. The van der Waals surface area contributed by atoms with Gasteiger partial charge < -0.3 is 5.11 Å². The van der Waals surface area contributed by atoms with Crippen LogP contribution < -0.4 is 0 Å². The van der Waals surface area contributed by atoms with E-state index in [0.717, 1.165) is 17.4 Å². The van der Waals surface area contributed by atoms with Gasteiger partial charge in [0.05, 0.1) is 0 Å². The lowest BCUT2D eigenvalue weighted by Gasteiger charge is -2.43. The predicted octanol–water partition coefficient (Wildman–Crippen LogP) is 5.45. The summed E-state index contributed by atoms with van der Waals surface area (Å²) in [6.07, 6.45) is 7.83. The van der Waals surface area contributed by atoms with Gasteiger partial charge in [0.15, 0.2) is 0 Å². The van der Waals surface area contributed by atoms with Crippen molar-refractivity contribution in [3.05, 3.63) is 28.8 Å². The summed E-state index contributed by atoms with van der Waals surface area (Å²) in [6.45, 7) is 9.27. The van der Waals surface area contributed by atoms with E-state index < -0.39 is 0 Å². The lowest BCUT2D eigenvalue weighted by molar-refractivity contribution is 0.0705. The predicted molar refractivity (Wildman–Crippen MR) is 88.8 cm³/mol. The molecule has 21 heavy (non-hydrogen) atoms. The molecule has 1 aromatic rings. The highest BCUT2D eigenvalue weighted by Crippen LogP contribution is 2.49. The number of fused-ring (bicyclic) bond motifs is 2. The summed E-state index contributed by atoms with van der Waals surface area (Å²) in [5, 5.41) is 10.3. The molecular weight excluding hydrogens is 256 g/mol. The van der Waals surface area contributed by atoms with E-state index in [1.807, 2.05) is 0 Å². The van der Waals surface area contributed by atoms with E-state index in [9.17, 15) is 5.11 Å². The van der Waals surface area contributed by atoms with E-state index in [1.54, 1.807) is 0 Å². The monoisotopic (exact) mass is 286 g/mol. The van der Waals surface area contributed by atoms with E-state index in [-0.39, 0.29) is 0 Å². The van der Waals surface area contributed by atoms with Crippen molar-refractivity contribution < 1.29 is 5.11 Å². The molecule has 0 aliphatic heterocycles. The maximum Gasteiger partial charge on any atom is 0.119 e. The van der Waals surface area contributed by atoms with Crippen LogP contribution in [0.2, 0.25) is 0 Å². The molecule has 0 bridgehead atoms. The Balaban J connectivity index is 1.95. The van der Waals surface area contributed by atoms with Crippen LogP contribution in [0.15, 0.2) is 12.1 Å². The SMILES string of the molecule is CC(C)c1cc2c(cc1O)CC1CCCC(C)(C)C1CC2. The van der Waals surface area contributed by atoms with Crippen molar-refractivity contribution >= 4 is 0 Å². The fourth-order valence-corrected chi connectivity index (χ4v) is 4.89. The molecule has 1 heteroatoms. The molecule has 0 saturated heterocycles. The van der Waals surface area contributed by atoms with Gasteiger partial charge in [0, 0.05) is 0 Å². The van der Waals surface area contributed by atoms with Crippen LogP contribution >= 0.6 is 0 Å². The Morgan fingerprint density at radius 3 is 2.62 bits per heavy atom. The standard InChI is InChI=1S/C20H30O/c1-13(2)17-11-14-7-8-18-15(6-5-9-20(18,3)4)10-16(14)12-19(17)21/h11-13,15,18,21H,5-10H2,1-4H3. The van der Waals surface area contributed by atoms with Crippen LogP contribution in [0.5, 0.6) is 5.75 Å². The number of benzene rings is 1. The van der Waals surface area contributed by atoms with Gasteiger partial charge in [-0.3, -0.25) is 0 Å². The molecule has 2 aliphatic rings. The molecule has 1 saturated carbocycles. The zero-order chi connectivity index (χ0) is 15.2. The highest BCUT2D eigenvalue weighted by Gasteiger charge is 2.40. The summed E-state index contributed by atoms with van der Waals surface area (Å²) in [5.41, 5.74) is 4.54. The Kier molecular flexibility index (Phi) is 3.80. The molecule has 3 rings (SSSR count). The number of aromatic hydroxyl groups is 1.